The fourth-order valence-corrected chi connectivity index (χ4v) is 2.88. The molecule has 0 saturated carbocycles. The summed E-state index contributed by atoms with van der Waals surface area (Å²) >= 11 is 0. The van der Waals surface area contributed by atoms with Crippen LogP contribution in [0.3, 0.4) is 0 Å². The van der Waals surface area contributed by atoms with Gasteiger partial charge in [0.05, 0.1) is 12.6 Å². The molecule has 1 N–H and O–H groups in total. The fraction of sp³-hybridized carbons (Fsp3) is 0.500. The van der Waals surface area contributed by atoms with E-state index in [1.54, 1.807) is 7.11 Å². The van der Waals surface area contributed by atoms with Crippen LogP contribution < -0.4 is 10.1 Å². The number of fused-ring (bicyclic) bond motifs is 1. The first-order valence-corrected chi connectivity index (χ1v) is 6.66. The number of methoxy groups -OCH3 is 1. The summed E-state index contributed by atoms with van der Waals surface area (Å²) < 4.78 is 7.79. The van der Waals surface area contributed by atoms with E-state index in [1.807, 2.05) is 7.05 Å². The summed E-state index contributed by atoms with van der Waals surface area (Å²) in [5.74, 6) is 0.943. The Morgan fingerprint density at radius 1 is 1.21 bits per heavy atom. The molecule has 19 heavy (non-hydrogen) atoms. The summed E-state index contributed by atoms with van der Waals surface area (Å²) in [6, 6.07) is 4.34. The Morgan fingerprint density at radius 2 is 1.84 bits per heavy atom. The average molecular weight is 260 g/mol. The van der Waals surface area contributed by atoms with Gasteiger partial charge in [-0.15, -0.1) is 0 Å². The molecule has 1 aromatic heterocycles. The highest BCUT2D eigenvalue weighted by Gasteiger charge is 2.27. The van der Waals surface area contributed by atoms with Crippen molar-refractivity contribution < 1.29 is 4.74 Å². The summed E-state index contributed by atoms with van der Waals surface area (Å²) in [6.07, 6.45) is 0. The van der Waals surface area contributed by atoms with Crippen molar-refractivity contribution in [2.45, 2.75) is 33.2 Å². The normalized spacial score (nSPS) is 12.2. The quantitative estimate of drug-likeness (QED) is 0.916. The van der Waals surface area contributed by atoms with Gasteiger partial charge in [-0.05, 0) is 52.4 Å². The molecule has 0 fully saturated rings. The van der Waals surface area contributed by atoms with E-state index < -0.39 is 0 Å². The number of nitrogens with zero attached hydrogens (tertiary/aromatic N) is 1. The van der Waals surface area contributed by atoms with Crippen LogP contribution in [0.2, 0.25) is 0 Å². The van der Waals surface area contributed by atoms with Gasteiger partial charge in [-0.3, -0.25) is 0 Å². The highest BCUT2D eigenvalue weighted by Crippen LogP contribution is 2.38. The van der Waals surface area contributed by atoms with Crippen LogP contribution in [-0.4, -0.2) is 18.7 Å². The molecule has 0 aliphatic heterocycles. The van der Waals surface area contributed by atoms with Gasteiger partial charge in [0, 0.05) is 29.2 Å². The van der Waals surface area contributed by atoms with Crippen LogP contribution in [0.5, 0.6) is 5.75 Å². The Balaban J connectivity index is 2.94. The van der Waals surface area contributed by atoms with Gasteiger partial charge in [0.15, 0.2) is 0 Å². The van der Waals surface area contributed by atoms with Crippen molar-refractivity contribution in [3.05, 3.63) is 29.0 Å². The molecule has 1 aromatic carbocycles. The first kappa shape index (κ1) is 13.9. The third kappa shape index (κ3) is 2.02. The molecule has 0 amide bonds. The number of aromatic nitrogens is 1. The number of benzene rings is 1. The molecule has 0 unspecified atom stereocenters. The monoisotopic (exact) mass is 260 g/mol. The molecule has 0 radical (unpaired) electrons. The largest absolute Gasteiger partial charge is 0.495 e. The van der Waals surface area contributed by atoms with Crippen molar-refractivity contribution in [1.82, 2.24) is 9.88 Å². The van der Waals surface area contributed by atoms with Crippen LogP contribution in [-0.2, 0) is 12.6 Å². The Bertz CT molecular complexity index is 623. The molecule has 0 atom stereocenters. The van der Waals surface area contributed by atoms with Gasteiger partial charge in [-0.1, -0.05) is 0 Å². The van der Waals surface area contributed by atoms with Gasteiger partial charge in [0.25, 0.3) is 0 Å². The molecule has 1 heterocycles. The minimum absolute atomic E-state index is 0.0671. The Labute approximate surface area is 115 Å². The lowest BCUT2D eigenvalue weighted by atomic mass is 9.91. The Kier molecular flexibility index (Phi) is 3.35. The second-order valence-electron chi connectivity index (χ2n) is 5.76. The predicted octanol–water partition coefficient (Wildman–Crippen LogP) is 3.26. The molecule has 0 bridgehead atoms. The first-order valence-electron chi connectivity index (χ1n) is 6.66. The molecular weight excluding hydrogens is 236 g/mol. The third-order valence-corrected chi connectivity index (χ3v) is 4.16. The molecule has 0 aliphatic rings. The zero-order valence-electron chi connectivity index (χ0n) is 13.0. The molecule has 104 valence electrons. The number of hydrogen-bond acceptors (Lipinski definition) is 2. The molecule has 0 spiro atoms. The lowest BCUT2D eigenvalue weighted by Crippen LogP contribution is -2.33. The van der Waals surface area contributed by atoms with Gasteiger partial charge in [-0.25, -0.2) is 0 Å². The van der Waals surface area contributed by atoms with Gasteiger partial charge in [0.1, 0.15) is 5.75 Å². The number of hydrogen-bond donors (Lipinski definition) is 1. The van der Waals surface area contributed by atoms with E-state index in [4.69, 9.17) is 4.74 Å². The highest BCUT2D eigenvalue weighted by atomic mass is 16.5. The van der Waals surface area contributed by atoms with Crippen LogP contribution >= 0.6 is 0 Å². The van der Waals surface area contributed by atoms with Crippen molar-refractivity contribution >= 4 is 10.9 Å². The van der Waals surface area contributed by atoms with Crippen LogP contribution in [0.1, 0.15) is 30.7 Å². The second-order valence-corrected chi connectivity index (χ2v) is 5.76. The molecule has 3 nitrogen and oxygen atoms in total. The van der Waals surface area contributed by atoms with Crippen LogP contribution in [0, 0.1) is 13.8 Å². The van der Waals surface area contributed by atoms with Crippen LogP contribution in [0.4, 0.5) is 0 Å². The SMILES string of the molecule is CNC(C)(C)c1c(C)n(C)c2c(OC)cc(C)cc12. The minimum atomic E-state index is -0.0671. The predicted molar refractivity (Wildman–Crippen MR) is 81.0 cm³/mol. The van der Waals surface area contributed by atoms with E-state index >= 15 is 0 Å². The average Bonchev–Trinajstić information content (AvgIpc) is 2.61. The molecule has 0 saturated heterocycles. The van der Waals surface area contributed by atoms with E-state index in [9.17, 15) is 0 Å². The Hall–Kier alpha value is -1.48. The number of ether oxygens (including phenoxy) is 1. The first-order chi connectivity index (χ1) is 8.83. The van der Waals surface area contributed by atoms with E-state index in [-0.39, 0.29) is 5.54 Å². The van der Waals surface area contributed by atoms with Crippen molar-refractivity contribution in [3.8, 4) is 5.75 Å². The van der Waals surface area contributed by atoms with Gasteiger partial charge >= 0.3 is 0 Å². The zero-order valence-corrected chi connectivity index (χ0v) is 13.0. The van der Waals surface area contributed by atoms with E-state index in [0.717, 1.165) is 5.75 Å². The minimum Gasteiger partial charge on any atom is -0.495 e. The van der Waals surface area contributed by atoms with Crippen LogP contribution in [0.15, 0.2) is 12.1 Å². The van der Waals surface area contributed by atoms with Crippen molar-refractivity contribution in [3.63, 3.8) is 0 Å². The third-order valence-electron chi connectivity index (χ3n) is 4.16. The van der Waals surface area contributed by atoms with E-state index in [1.165, 1.54) is 27.7 Å². The summed E-state index contributed by atoms with van der Waals surface area (Å²) in [5, 5.41) is 4.68. The number of aryl methyl sites for hydroxylation is 2. The summed E-state index contributed by atoms with van der Waals surface area (Å²) in [5.41, 5.74) is 4.95. The zero-order chi connectivity index (χ0) is 14.4. The highest BCUT2D eigenvalue weighted by molar-refractivity contribution is 5.92. The lowest BCUT2D eigenvalue weighted by Gasteiger charge is -2.25. The second kappa shape index (κ2) is 4.57. The lowest BCUT2D eigenvalue weighted by molar-refractivity contribution is 0.417. The van der Waals surface area contributed by atoms with Crippen molar-refractivity contribution in [1.29, 1.82) is 0 Å². The molecular formula is C16H24N2O. The standard InChI is InChI=1S/C16H24N2O/c1-10-8-12-14(16(3,4)17-5)11(2)18(6)15(12)13(9-10)19-7/h8-9,17H,1-7H3. The smallest absolute Gasteiger partial charge is 0.143 e. The van der Waals surface area contributed by atoms with Crippen molar-refractivity contribution in [2.24, 2.45) is 7.05 Å². The number of nitrogens with one attached hydrogen (secondary N) is 1. The topological polar surface area (TPSA) is 26.2 Å². The van der Waals surface area contributed by atoms with Gasteiger partial charge in [-0.2, -0.15) is 0 Å². The number of rotatable bonds is 3. The summed E-state index contributed by atoms with van der Waals surface area (Å²) in [7, 11) is 5.84. The fourth-order valence-electron chi connectivity index (χ4n) is 2.88. The van der Waals surface area contributed by atoms with E-state index in [0.29, 0.717) is 0 Å². The Morgan fingerprint density at radius 3 is 2.37 bits per heavy atom. The van der Waals surface area contributed by atoms with E-state index in [2.05, 4.69) is 56.8 Å². The maximum atomic E-state index is 5.56. The van der Waals surface area contributed by atoms with Gasteiger partial charge < -0.3 is 14.6 Å². The maximum Gasteiger partial charge on any atom is 0.143 e. The molecule has 2 aromatic rings. The summed E-state index contributed by atoms with van der Waals surface area (Å²) in [4.78, 5) is 0. The van der Waals surface area contributed by atoms with Crippen molar-refractivity contribution in [2.75, 3.05) is 14.2 Å². The van der Waals surface area contributed by atoms with Gasteiger partial charge in [0.2, 0.25) is 0 Å². The maximum absolute atomic E-state index is 5.56. The summed E-state index contributed by atoms with van der Waals surface area (Å²) in [6.45, 7) is 8.71. The molecule has 3 heteroatoms. The molecule has 2 rings (SSSR count). The van der Waals surface area contributed by atoms with Crippen LogP contribution in [0.25, 0.3) is 10.9 Å². The molecule has 0 aliphatic carbocycles.